The number of nitrogens with one attached hydrogen (secondary N) is 1. The van der Waals surface area contributed by atoms with Crippen LogP contribution in [0, 0.1) is 0 Å². The minimum absolute atomic E-state index is 0.626. The summed E-state index contributed by atoms with van der Waals surface area (Å²) < 4.78 is 10.3. The summed E-state index contributed by atoms with van der Waals surface area (Å²) in [6.45, 7) is 2.65. The minimum atomic E-state index is 0.626. The van der Waals surface area contributed by atoms with E-state index in [1.165, 1.54) is 5.39 Å². The number of hydrogen-bond donors (Lipinski definition) is 1. The smallest absolute Gasteiger partial charge is 0.133 e. The lowest BCUT2D eigenvalue weighted by molar-refractivity contribution is 0.0759. The first-order valence-corrected chi connectivity index (χ1v) is 6.06. The van der Waals surface area contributed by atoms with Crippen LogP contribution in [0.3, 0.4) is 0 Å². The van der Waals surface area contributed by atoms with Gasteiger partial charge >= 0.3 is 0 Å². The van der Waals surface area contributed by atoms with Gasteiger partial charge in [-0.2, -0.15) is 0 Å². The zero-order valence-corrected chi connectivity index (χ0v) is 10.6. The summed E-state index contributed by atoms with van der Waals surface area (Å²) in [6, 6.07) is 10.2. The van der Waals surface area contributed by atoms with Gasteiger partial charge in [-0.3, -0.25) is 0 Å². The molecule has 0 radical (unpaired) electrons. The highest BCUT2D eigenvalue weighted by atomic mass is 16.5. The molecule has 0 saturated heterocycles. The van der Waals surface area contributed by atoms with E-state index in [9.17, 15) is 0 Å². The van der Waals surface area contributed by atoms with Crippen LogP contribution < -0.4 is 5.32 Å². The van der Waals surface area contributed by atoms with Crippen molar-refractivity contribution >= 4 is 16.6 Å². The maximum Gasteiger partial charge on any atom is 0.133 e. The molecule has 0 fully saturated rings. The summed E-state index contributed by atoms with van der Waals surface area (Å²) in [5, 5.41) is 5.61. The van der Waals surface area contributed by atoms with E-state index in [-0.39, 0.29) is 0 Å². The second-order valence-corrected chi connectivity index (χ2v) is 3.91. The number of benzene rings is 1. The molecule has 0 aliphatic heterocycles. The van der Waals surface area contributed by atoms with Crippen LogP contribution in [-0.4, -0.2) is 38.5 Å². The number of aromatic nitrogens is 1. The minimum Gasteiger partial charge on any atom is -0.382 e. The number of pyridine rings is 1. The lowest BCUT2D eigenvalue weighted by Crippen LogP contribution is -2.12. The summed E-state index contributed by atoms with van der Waals surface area (Å²) in [5.41, 5.74) is 0. The van der Waals surface area contributed by atoms with Gasteiger partial charge in [0.1, 0.15) is 5.82 Å². The van der Waals surface area contributed by atoms with Crippen molar-refractivity contribution in [2.75, 3.05) is 38.8 Å². The molecule has 0 amide bonds. The number of anilines is 1. The molecule has 0 saturated carbocycles. The van der Waals surface area contributed by atoms with E-state index in [0.29, 0.717) is 19.8 Å². The molecule has 4 heteroatoms. The Bertz CT molecular complexity index is 483. The van der Waals surface area contributed by atoms with Gasteiger partial charge < -0.3 is 14.8 Å². The summed E-state index contributed by atoms with van der Waals surface area (Å²) in [5.74, 6) is 0.906. The number of hydrogen-bond acceptors (Lipinski definition) is 4. The molecule has 0 bridgehead atoms. The van der Waals surface area contributed by atoms with E-state index in [1.54, 1.807) is 7.11 Å². The van der Waals surface area contributed by atoms with E-state index < -0.39 is 0 Å². The molecule has 4 nitrogen and oxygen atoms in total. The van der Waals surface area contributed by atoms with Gasteiger partial charge in [-0.15, -0.1) is 0 Å². The van der Waals surface area contributed by atoms with E-state index >= 15 is 0 Å². The largest absolute Gasteiger partial charge is 0.382 e. The molecule has 0 aliphatic rings. The molecule has 0 atom stereocenters. The highest BCUT2D eigenvalue weighted by Gasteiger charge is 2.00. The Hall–Kier alpha value is -1.65. The first kappa shape index (κ1) is 12.8. The predicted molar refractivity (Wildman–Crippen MR) is 72.9 cm³/mol. The van der Waals surface area contributed by atoms with Crippen LogP contribution in [0.25, 0.3) is 10.8 Å². The third-order valence-electron chi connectivity index (χ3n) is 2.64. The molecule has 0 aliphatic carbocycles. The normalized spacial score (nSPS) is 10.7. The standard InChI is InChI=1S/C14H18N2O2/c1-17-10-11-18-9-8-16-14-13-5-3-2-4-12(13)6-7-15-14/h2-7H,8-11H2,1H3,(H,15,16). The Kier molecular flexibility index (Phi) is 4.93. The van der Waals surface area contributed by atoms with Crippen LogP contribution in [-0.2, 0) is 9.47 Å². The van der Waals surface area contributed by atoms with Crippen LogP contribution in [0.2, 0.25) is 0 Å². The zero-order chi connectivity index (χ0) is 12.6. The molecule has 0 spiro atoms. The third kappa shape index (κ3) is 3.42. The second kappa shape index (κ2) is 6.93. The van der Waals surface area contributed by atoms with Crippen LogP contribution in [0.1, 0.15) is 0 Å². The molecule has 1 N–H and O–H groups in total. The van der Waals surface area contributed by atoms with Crippen LogP contribution in [0.5, 0.6) is 0 Å². The molecule has 18 heavy (non-hydrogen) atoms. The Balaban J connectivity index is 1.88. The molecular weight excluding hydrogens is 228 g/mol. The highest BCUT2D eigenvalue weighted by Crippen LogP contribution is 2.19. The summed E-state index contributed by atoms with van der Waals surface area (Å²) in [7, 11) is 1.67. The SMILES string of the molecule is COCCOCCNc1nccc2ccccc12. The number of methoxy groups -OCH3 is 1. The first-order valence-electron chi connectivity index (χ1n) is 6.06. The molecule has 1 aromatic carbocycles. The van der Waals surface area contributed by atoms with E-state index in [4.69, 9.17) is 9.47 Å². The van der Waals surface area contributed by atoms with Gasteiger partial charge in [-0.1, -0.05) is 24.3 Å². The molecule has 0 unspecified atom stereocenters. The number of ether oxygens (including phenoxy) is 2. The fourth-order valence-corrected chi connectivity index (χ4v) is 1.75. The van der Waals surface area contributed by atoms with E-state index in [1.807, 2.05) is 24.4 Å². The maximum absolute atomic E-state index is 5.39. The van der Waals surface area contributed by atoms with Gasteiger partial charge in [0.05, 0.1) is 19.8 Å². The average Bonchev–Trinajstić information content (AvgIpc) is 2.43. The van der Waals surface area contributed by atoms with Crippen LogP contribution >= 0.6 is 0 Å². The summed E-state index contributed by atoms with van der Waals surface area (Å²) in [6.07, 6.45) is 1.82. The first-order chi connectivity index (χ1) is 8.92. The molecule has 96 valence electrons. The lowest BCUT2D eigenvalue weighted by atomic mass is 10.1. The quantitative estimate of drug-likeness (QED) is 0.761. The number of nitrogens with zero attached hydrogens (tertiary/aromatic N) is 1. The monoisotopic (exact) mass is 246 g/mol. The Morgan fingerprint density at radius 1 is 1.11 bits per heavy atom. The predicted octanol–water partition coefficient (Wildman–Crippen LogP) is 2.31. The molecule has 2 aromatic rings. The molecular formula is C14H18N2O2. The Labute approximate surface area is 107 Å². The molecule has 2 rings (SSSR count). The maximum atomic E-state index is 5.39. The van der Waals surface area contributed by atoms with Crippen molar-refractivity contribution in [3.63, 3.8) is 0 Å². The zero-order valence-electron chi connectivity index (χ0n) is 10.6. The fraction of sp³-hybridized carbons (Fsp3) is 0.357. The van der Waals surface area contributed by atoms with Gasteiger partial charge in [-0.05, 0) is 11.5 Å². The Morgan fingerprint density at radius 2 is 2.00 bits per heavy atom. The van der Waals surface area contributed by atoms with Crippen LogP contribution in [0.15, 0.2) is 36.5 Å². The van der Waals surface area contributed by atoms with Gasteiger partial charge in [0.15, 0.2) is 0 Å². The van der Waals surface area contributed by atoms with Gasteiger partial charge in [-0.25, -0.2) is 4.98 Å². The summed E-state index contributed by atoms with van der Waals surface area (Å²) in [4.78, 5) is 4.35. The van der Waals surface area contributed by atoms with Crippen molar-refractivity contribution in [3.8, 4) is 0 Å². The van der Waals surface area contributed by atoms with Gasteiger partial charge in [0, 0.05) is 25.2 Å². The van der Waals surface area contributed by atoms with Crippen molar-refractivity contribution in [2.45, 2.75) is 0 Å². The molecule has 1 heterocycles. The fourth-order valence-electron chi connectivity index (χ4n) is 1.75. The molecule has 1 aromatic heterocycles. The highest BCUT2D eigenvalue weighted by molar-refractivity contribution is 5.91. The van der Waals surface area contributed by atoms with E-state index in [2.05, 4.69) is 22.4 Å². The van der Waals surface area contributed by atoms with Crippen molar-refractivity contribution in [2.24, 2.45) is 0 Å². The number of fused-ring (bicyclic) bond motifs is 1. The summed E-state index contributed by atoms with van der Waals surface area (Å²) >= 11 is 0. The van der Waals surface area contributed by atoms with Crippen molar-refractivity contribution in [1.29, 1.82) is 0 Å². The lowest BCUT2D eigenvalue weighted by Gasteiger charge is -2.08. The second-order valence-electron chi connectivity index (χ2n) is 3.91. The van der Waals surface area contributed by atoms with Gasteiger partial charge in [0.2, 0.25) is 0 Å². The van der Waals surface area contributed by atoms with Gasteiger partial charge in [0.25, 0.3) is 0 Å². The van der Waals surface area contributed by atoms with Crippen molar-refractivity contribution in [1.82, 2.24) is 4.98 Å². The van der Waals surface area contributed by atoms with Crippen LogP contribution in [0.4, 0.5) is 5.82 Å². The third-order valence-corrected chi connectivity index (χ3v) is 2.64. The van der Waals surface area contributed by atoms with E-state index in [0.717, 1.165) is 17.7 Å². The van der Waals surface area contributed by atoms with Crippen molar-refractivity contribution < 1.29 is 9.47 Å². The Morgan fingerprint density at radius 3 is 2.89 bits per heavy atom. The number of rotatable bonds is 7. The van der Waals surface area contributed by atoms with Crippen molar-refractivity contribution in [3.05, 3.63) is 36.5 Å². The topological polar surface area (TPSA) is 43.4 Å². The average molecular weight is 246 g/mol.